The fraction of sp³-hybridized carbons (Fsp3) is 0.538. The van der Waals surface area contributed by atoms with E-state index in [1.165, 1.54) is 47.9 Å². The number of nitro benzene ring substituents is 1. The Hall–Kier alpha value is -3.65. The summed E-state index contributed by atoms with van der Waals surface area (Å²) >= 11 is 1.33. The van der Waals surface area contributed by atoms with E-state index >= 15 is 0 Å². The van der Waals surface area contributed by atoms with Gasteiger partial charge < -0.3 is 30.1 Å². The zero-order valence-electron chi connectivity index (χ0n) is 21.9. The number of nitrogens with zero attached hydrogens (tertiary/aromatic N) is 3. The van der Waals surface area contributed by atoms with E-state index in [4.69, 9.17) is 4.74 Å². The lowest BCUT2D eigenvalue weighted by Crippen LogP contribution is -2.63. The van der Waals surface area contributed by atoms with E-state index in [0.29, 0.717) is 23.4 Å². The molecule has 3 fully saturated rings. The Kier molecular flexibility index (Phi) is 7.48. The number of likely N-dealkylation sites (tertiary alicyclic amines) is 1. The lowest BCUT2D eigenvalue weighted by molar-refractivity contribution is -0.384. The van der Waals surface area contributed by atoms with Crippen LogP contribution in [-0.4, -0.2) is 85.3 Å². The lowest BCUT2D eigenvalue weighted by atomic mass is 9.79. The number of benzene rings is 1. The largest absolute Gasteiger partial charge is 0.477 e. The topological polar surface area (TPSA) is 180 Å². The van der Waals surface area contributed by atoms with Gasteiger partial charge in [-0.15, -0.1) is 11.8 Å². The number of nitro groups is 1. The van der Waals surface area contributed by atoms with Crippen molar-refractivity contribution < 1.29 is 39.1 Å². The molecule has 13 nitrogen and oxygen atoms in total. The molecule has 0 aromatic heterocycles. The molecule has 3 amide bonds. The fourth-order valence-corrected chi connectivity index (χ4v) is 7.81. The molecule has 4 heterocycles. The van der Waals surface area contributed by atoms with E-state index in [-0.39, 0.29) is 60.0 Å². The van der Waals surface area contributed by atoms with Gasteiger partial charge in [0.1, 0.15) is 12.3 Å². The highest BCUT2D eigenvalue weighted by Gasteiger charge is 2.60. The van der Waals surface area contributed by atoms with Crippen molar-refractivity contribution in [1.82, 2.24) is 15.1 Å². The standard InChI is InChI=1S/C26H30N4O9S/c1-12-21-20(13(2)31)24(33)29(21)22(25(34)35)23(12)40-17-8-18(15-7-19(32)27-9-15)28(10-17)26(36)39-11-14-3-5-16(6-4-14)30(37)38/h3-6,12-13,15,17-18,20-21,31H,7-11H2,1-2H3,(H,27,32)(H,34,35)/t12-,13-,15?,17+,18+,20-,21-/m1/s1. The van der Waals surface area contributed by atoms with Crippen LogP contribution in [0.3, 0.4) is 0 Å². The number of amides is 3. The predicted octanol–water partition coefficient (Wildman–Crippen LogP) is 1.70. The highest BCUT2D eigenvalue weighted by Crippen LogP contribution is 2.52. The molecule has 3 saturated heterocycles. The Balaban J connectivity index is 1.32. The number of carbonyl (C=O) groups is 4. The molecule has 5 rings (SSSR count). The molecule has 40 heavy (non-hydrogen) atoms. The zero-order valence-corrected chi connectivity index (χ0v) is 22.7. The third-order valence-corrected chi connectivity index (χ3v) is 9.70. The summed E-state index contributed by atoms with van der Waals surface area (Å²) in [4.78, 5) is 63.8. The van der Waals surface area contributed by atoms with Gasteiger partial charge in [-0.3, -0.25) is 19.7 Å². The number of thioether (sulfide) groups is 1. The van der Waals surface area contributed by atoms with Crippen molar-refractivity contribution in [3.8, 4) is 0 Å². The van der Waals surface area contributed by atoms with Crippen LogP contribution in [0.2, 0.25) is 0 Å². The van der Waals surface area contributed by atoms with E-state index in [1.54, 1.807) is 4.90 Å². The summed E-state index contributed by atoms with van der Waals surface area (Å²) in [6.07, 6.45) is -0.738. The van der Waals surface area contributed by atoms with Crippen molar-refractivity contribution in [2.24, 2.45) is 17.8 Å². The first kappa shape index (κ1) is 27.9. The van der Waals surface area contributed by atoms with Crippen LogP contribution in [0.25, 0.3) is 0 Å². The summed E-state index contributed by atoms with van der Waals surface area (Å²) in [7, 11) is 0. The van der Waals surface area contributed by atoms with Gasteiger partial charge in [0.15, 0.2) is 0 Å². The summed E-state index contributed by atoms with van der Waals surface area (Å²) in [5.41, 5.74) is 0.435. The van der Waals surface area contributed by atoms with Gasteiger partial charge in [0.05, 0.1) is 23.0 Å². The molecule has 7 atom stereocenters. The van der Waals surface area contributed by atoms with Crippen molar-refractivity contribution in [3.05, 3.63) is 50.5 Å². The molecule has 4 aliphatic rings. The Morgan fingerprint density at radius 1 is 1.27 bits per heavy atom. The number of nitrogens with one attached hydrogen (secondary N) is 1. The summed E-state index contributed by atoms with van der Waals surface area (Å²) in [6.45, 7) is 3.94. The first-order chi connectivity index (χ1) is 19.0. The van der Waals surface area contributed by atoms with E-state index in [9.17, 15) is 39.5 Å². The maximum atomic E-state index is 13.2. The van der Waals surface area contributed by atoms with E-state index in [0.717, 1.165) is 0 Å². The smallest absolute Gasteiger partial charge is 0.410 e. The van der Waals surface area contributed by atoms with Gasteiger partial charge in [-0.2, -0.15) is 0 Å². The maximum absolute atomic E-state index is 13.2. The number of carboxylic acid groups (broad SMARTS) is 1. The highest BCUT2D eigenvalue weighted by molar-refractivity contribution is 8.03. The van der Waals surface area contributed by atoms with Gasteiger partial charge in [0.25, 0.3) is 5.69 Å². The fourth-order valence-electron chi connectivity index (χ4n) is 6.27. The summed E-state index contributed by atoms with van der Waals surface area (Å²) in [5.74, 6) is -2.83. The van der Waals surface area contributed by atoms with Crippen LogP contribution in [0.1, 0.15) is 32.3 Å². The molecular weight excluding hydrogens is 544 g/mol. The number of fused-ring (bicyclic) bond motifs is 1. The lowest BCUT2D eigenvalue weighted by Gasteiger charge is -2.46. The Labute approximate surface area is 233 Å². The molecule has 214 valence electrons. The van der Waals surface area contributed by atoms with Gasteiger partial charge >= 0.3 is 12.1 Å². The quantitative estimate of drug-likeness (QED) is 0.235. The second-order valence-corrected chi connectivity index (χ2v) is 12.1. The van der Waals surface area contributed by atoms with E-state index < -0.39 is 41.0 Å². The Morgan fingerprint density at radius 3 is 2.55 bits per heavy atom. The molecule has 0 radical (unpaired) electrons. The first-order valence-electron chi connectivity index (χ1n) is 13.1. The number of carboxylic acids is 1. The van der Waals surface area contributed by atoms with E-state index in [2.05, 4.69) is 5.32 Å². The summed E-state index contributed by atoms with van der Waals surface area (Å²) < 4.78 is 5.54. The molecule has 1 aromatic carbocycles. The molecule has 14 heteroatoms. The Morgan fingerprint density at radius 2 is 1.98 bits per heavy atom. The number of rotatable bonds is 8. The van der Waals surface area contributed by atoms with E-state index in [1.807, 2.05) is 6.92 Å². The van der Waals surface area contributed by atoms with Crippen molar-refractivity contribution in [1.29, 1.82) is 0 Å². The number of carbonyl (C=O) groups excluding carboxylic acids is 3. The van der Waals surface area contributed by atoms with Crippen molar-refractivity contribution in [2.75, 3.05) is 13.1 Å². The summed E-state index contributed by atoms with van der Waals surface area (Å²) in [5, 5.41) is 33.5. The van der Waals surface area contributed by atoms with Gasteiger partial charge in [-0.25, -0.2) is 9.59 Å². The molecule has 0 aliphatic carbocycles. The monoisotopic (exact) mass is 574 g/mol. The normalized spacial score (nSPS) is 30.2. The van der Waals surface area contributed by atoms with Crippen LogP contribution in [0, 0.1) is 27.9 Å². The van der Waals surface area contributed by atoms with Crippen LogP contribution in [-0.2, 0) is 25.7 Å². The Bertz CT molecular complexity index is 1280. The number of aliphatic carboxylic acids is 1. The zero-order chi connectivity index (χ0) is 28.9. The predicted molar refractivity (Wildman–Crippen MR) is 141 cm³/mol. The van der Waals surface area contributed by atoms with Gasteiger partial charge in [-0.05, 0) is 31.0 Å². The van der Waals surface area contributed by atoms with Crippen LogP contribution in [0.5, 0.6) is 0 Å². The number of aliphatic hydroxyl groups is 1. The van der Waals surface area contributed by atoms with Crippen molar-refractivity contribution in [2.45, 2.75) is 56.7 Å². The SMILES string of the molecule is C[C@@H](O)[C@H]1C(=O)N2C(C(=O)O)=C(S[C@H]3C[C@@H](C4CNC(=O)C4)N(C(=O)OCc4ccc([N+](=O)[O-])cc4)C3)[C@H](C)[C@H]12. The van der Waals surface area contributed by atoms with Gasteiger partial charge in [-0.1, -0.05) is 6.92 Å². The minimum atomic E-state index is -1.21. The second kappa shape index (κ2) is 10.7. The third-order valence-electron chi connectivity index (χ3n) is 8.21. The molecule has 3 N–H and O–H groups in total. The number of non-ortho nitro benzene ring substituents is 1. The van der Waals surface area contributed by atoms with Crippen molar-refractivity contribution in [3.63, 3.8) is 0 Å². The minimum absolute atomic E-state index is 0.0714. The number of hydrogen-bond acceptors (Lipinski definition) is 9. The number of aliphatic hydroxyl groups excluding tert-OH is 1. The molecule has 1 unspecified atom stereocenters. The summed E-state index contributed by atoms with van der Waals surface area (Å²) in [6, 6.07) is 4.93. The van der Waals surface area contributed by atoms with Gasteiger partial charge in [0.2, 0.25) is 11.8 Å². The third kappa shape index (κ3) is 4.89. The number of hydrogen-bond donors (Lipinski definition) is 3. The molecule has 0 saturated carbocycles. The van der Waals surface area contributed by atoms with Crippen LogP contribution < -0.4 is 5.32 Å². The molecule has 0 bridgehead atoms. The van der Waals surface area contributed by atoms with Gasteiger partial charge in [0, 0.05) is 59.7 Å². The molecule has 4 aliphatic heterocycles. The van der Waals surface area contributed by atoms with Crippen LogP contribution in [0.4, 0.5) is 10.5 Å². The average molecular weight is 575 g/mol. The maximum Gasteiger partial charge on any atom is 0.410 e. The molecule has 0 spiro atoms. The van der Waals surface area contributed by atoms with Crippen molar-refractivity contribution >= 4 is 41.3 Å². The van der Waals surface area contributed by atoms with Crippen LogP contribution in [0.15, 0.2) is 34.9 Å². The number of β-lactam (4-membered cyclic amide) rings is 1. The minimum Gasteiger partial charge on any atom is -0.477 e. The molecular formula is C26H30N4O9S. The highest BCUT2D eigenvalue weighted by atomic mass is 32.2. The first-order valence-corrected chi connectivity index (χ1v) is 13.9. The van der Waals surface area contributed by atoms with Crippen LogP contribution >= 0.6 is 11.8 Å². The number of ether oxygens (including phenoxy) is 1. The average Bonchev–Trinajstić information content (AvgIpc) is 3.58. The molecule has 1 aromatic rings. The second-order valence-electron chi connectivity index (χ2n) is 10.7.